The molecule has 0 aromatic heterocycles. The van der Waals surface area contributed by atoms with Crippen LogP contribution < -0.4 is 5.32 Å². The van der Waals surface area contributed by atoms with Crippen LogP contribution in [0.4, 0.5) is 18.9 Å². The summed E-state index contributed by atoms with van der Waals surface area (Å²) in [6, 6.07) is 3.29. The fourth-order valence-electron chi connectivity index (χ4n) is 3.81. The van der Waals surface area contributed by atoms with Crippen LogP contribution in [-0.2, 0) is 16.0 Å². The van der Waals surface area contributed by atoms with E-state index in [0.717, 1.165) is 26.2 Å². The van der Waals surface area contributed by atoms with Crippen LogP contribution in [0.15, 0.2) is 18.2 Å². The molecular formula is C21H28ClF3N2O3. The number of carbonyl (C=O) groups is 2. The Kier molecular flexibility index (Phi) is 8.55. The van der Waals surface area contributed by atoms with E-state index < -0.39 is 30.0 Å². The van der Waals surface area contributed by atoms with E-state index in [9.17, 15) is 22.8 Å². The van der Waals surface area contributed by atoms with Gasteiger partial charge in [-0.1, -0.05) is 37.9 Å². The van der Waals surface area contributed by atoms with Crippen LogP contribution in [0, 0.1) is 11.8 Å². The molecule has 0 spiro atoms. The number of nitrogens with zero attached hydrogens (tertiary/aromatic N) is 1. The van der Waals surface area contributed by atoms with Crippen LogP contribution in [0.25, 0.3) is 0 Å². The first-order valence-electron chi connectivity index (χ1n) is 10.1. The zero-order chi connectivity index (χ0) is 22.5. The fraction of sp³-hybridized carbons (Fsp3) is 0.619. The van der Waals surface area contributed by atoms with E-state index in [1.165, 1.54) is 12.1 Å². The van der Waals surface area contributed by atoms with Gasteiger partial charge in [-0.25, -0.2) is 0 Å². The molecule has 2 unspecified atom stereocenters. The number of benzene rings is 1. The van der Waals surface area contributed by atoms with Crippen LogP contribution in [0.1, 0.15) is 45.1 Å². The molecule has 1 amide bonds. The Hall–Kier alpha value is -1.80. The second kappa shape index (κ2) is 10.5. The van der Waals surface area contributed by atoms with E-state index >= 15 is 0 Å². The lowest BCUT2D eigenvalue weighted by Crippen LogP contribution is -2.54. The highest BCUT2D eigenvalue weighted by Gasteiger charge is 2.47. The first-order valence-corrected chi connectivity index (χ1v) is 10.5. The molecule has 0 aliphatic carbocycles. The number of carboxylic acid groups (broad SMARTS) is 1. The molecule has 1 saturated heterocycles. The molecule has 2 N–H and O–H groups in total. The summed E-state index contributed by atoms with van der Waals surface area (Å²) >= 11 is 6.13. The normalized spacial score (nSPS) is 18.1. The monoisotopic (exact) mass is 448 g/mol. The highest BCUT2D eigenvalue weighted by molar-refractivity contribution is 6.33. The third-order valence-corrected chi connectivity index (χ3v) is 6.12. The molecule has 1 heterocycles. The van der Waals surface area contributed by atoms with Crippen molar-refractivity contribution in [2.75, 3.05) is 18.4 Å². The summed E-state index contributed by atoms with van der Waals surface area (Å²) in [6.07, 6.45) is -1.90. The van der Waals surface area contributed by atoms with Gasteiger partial charge in [0.25, 0.3) is 0 Å². The molecule has 0 bridgehead atoms. The maximum atomic E-state index is 13.5. The Morgan fingerprint density at radius 3 is 2.47 bits per heavy atom. The minimum absolute atomic E-state index is 0.102. The van der Waals surface area contributed by atoms with Crippen molar-refractivity contribution in [3.05, 3.63) is 28.8 Å². The zero-order valence-corrected chi connectivity index (χ0v) is 17.9. The second-order valence-electron chi connectivity index (χ2n) is 7.86. The maximum absolute atomic E-state index is 13.5. The average molecular weight is 449 g/mol. The highest BCUT2D eigenvalue weighted by Crippen LogP contribution is 2.34. The molecule has 1 aliphatic rings. The van der Waals surface area contributed by atoms with E-state index in [2.05, 4.69) is 12.2 Å². The van der Waals surface area contributed by atoms with Crippen molar-refractivity contribution in [1.29, 1.82) is 0 Å². The molecule has 168 valence electrons. The number of piperidine rings is 1. The number of amides is 1. The number of hydrogen-bond donors (Lipinski definition) is 2. The van der Waals surface area contributed by atoms with Crippen molar-refractivity contribution in [2.45, 2.75) is 58.2 Å². The first kappa shape index (κ1) is 24.5. The Bertz CT molecular complexity index is 750. The van der Waals surface area contributed by atoms with E-state index in [1.807, 2.05) is 0 Å². The first-order chi connectivity index (χ1) is 14.0. The van der Waals surface area contributed by atoms with Gasteiger partial charge in [-0.05, 0) is 56.0 Å². The molecule has 2 atom stereocenters. The van der Waals surface area contributed by atoms with Gasteiger partial charge in [-0.3, -0.25) is 14.5 Å². The van der Waals surface area contributed by atoms with Crippen LogP contribution in [-0.4, -0.2) is 47.2 Å². The minimum atomic E-state index is -4.52. The number of likely N-dealkylation sites (tertiary alicyclic amines) is 1. The molecule has 1 aromatic carbocycles. The predicted octanol–water partition coefficient (Wildman–Crippen LogP) is 4.98. The number of carbonyl (C=O) groups excluding carboxylic acids is 1. The minimum Gasteiger partial charge on any atom is -0.481 e. The van der Waals surface area contributed by atoms with Gasteiger partial charge in [0.05, 0.1) is 16.6 Å². The third kappa shape index (κ3) is 6.60. The Labute approximate surface area is 179 Å². The van der Waals surface area contributed by atoms with Gasteiger partial charge in [0.15, 0.2) is 0 Å². The van der Waals surface area contributed by atoms with Crippen LogP contribution in [0.5, 0.6) is 0 Å². The molecule has 9 heteroatoms. The SMILES string of the molecule is CCC1CCN(C(C(=O)Nc2cc(CCC(=O)O)ccc2Cl)C(C)C(F)(F)F)CC1. The highest BCUT2D eigenvalue weighted by atomic mass is 35.5. The van der Waals surface area contributed by atoms with Crippen molar-refractivity contribution in [1.82, 2.24) is 4.90 Å². The standard InChI is InChI=1S/C21H28ClF3N2O3/c1-3-14-8-10-27(11-9-14)19(13(2)21(23,24)25)20(30)26-17-12-15(4-6-16(17)22)5-7-18(28)29/h4,6,12-14,19H,3,5,7-11H2,1-2H3,(H,26,30)(H,28,29). The van der Waals surface area contributed by atoms with Crippen molar-refractivity contribution < 1.29 is 27.9 Å². The summed E-state index contributed by atoms with van der Waals surface area (Å²) in [5.41, 5.74) is 0.814. The Morgan fingerprint density at radius 2 is 1.93 bits per heavy atom. The Balaban J connectivity index is 2.22. The summed E-state index contributed by atoms with van der Waals surface area (Å²) in [5.74, 6) is -3.10. The van der Waals surface area contributed by atoms with Gasteiger partial charge in [0, 0.05) is 6.42 Å². The molecule has 5 nitrogen and oxygen atoms in total. The van der Waals surface area contributed by atoms with Crippen LogP contribution in [0.2, 0.25) is 5.02 Å². The lowest BCUT2D eigenvalue weighted by Gasteiger charge is -2.39. The molecule has 1 fully saturated rings. The maximum Gasteiger partial charge on any atom is 0.393 e. The van der Waals surface area contributed by atoms with Gasteiger partial charge in [-0.15, -0.1) is 0 Å². The fourth-order valence-corrected chi connectivity index (χ4v) is 3.97. The summed E-state index contributed by atoms with van der Waals surface area (Å²) in [5, 5.41) is 11.6. The number of aliphatic carboxylic acids is 1. The van der Waals surface area contributed by atoms with Crippen LogP contribution in [0.3, 0.4) is 0 Å². The molecule has 1 aliphatic heterocycles. The largest absolute Gasteiger partial charge is 0.481 e. The number of hydrogen-bond acceptors (Lipinski definition) is 3. The molecule has 0 saturated carbocycles. The zero-order valence-electron chi connectivity index (χ0n) is 17.1. The molecule has 1 aromatic rings. The van der Waals surface area contributed by atoms with Crippen molar-refractivity contribution in [3.8, 4) is 0 Å². The lowest BCUT2D eigenvalue weighted by molar-refractivity contribution is -0.189. The topological polar surface area (TPSA) is 69.6 Å². The molecular weight excluding hydrogens is 421 g/mol. The number of nitrogens with one attached hydrogen (secondary N) is 1. The molecule has 0 radical (unpaired) electrons. The summed E-state index contributed by atoms with van der Waals surface area (Å²) in [6.45, 7) is 3.95. The van der Waals surface area contributed by atoms with Gasteiger partial charge >= 0.3 is 12.1 Å². The van der Waals surface area contributed by atoms with E-state index in [0.29, 0.717) is 24.6 Å². The number of halogens is 4. The lowest BCUT2D eigenvalue weighted by atomic mass is 9.90. The molecule has 30 heavy (non-hydrogen) atoms. The number of carboxylic acids is 1. The van der Waals surface area contributed by atoms with Crippen molar-refractivity contribution >= 4 is 29.2 Å². The van der Waals surface area contributed by atoms with Crippen molar-refractivity contribution in [3.63, 3.8) is 0 Å². The van der Waals surface area contributed by atoms with E-state index in [4.69, 9.17) is 16.7 Å². The van der Waals surface area contributed by atoms with E-state index in [1.54, 1.807) is 11.0 Å². The second-order valence-corrected chi connectivity index (χ2v) is 8.27. The summed E-state index contributed by atoms with van der Waals surface area (Å²) in [7, 11) is 0. The molecule has 2 rings (SSSR count). The smallest absolute Gasteiger partial charge is 0.393 e. The van der Waals surface area contributed by atoms with Gasteiger partial charge in [-0.2, -0.15) is 13.2 Å². The van der Waals surface area contributed by atoms with Crippen LogP contribution >= 0.6 is 11.6 Å². The summed E-state index contributed by atoms with van der Waals surface area (Å²) < 4.78 is 40.6. The quantitative estimate of drug-likeness (QED) is 0.588. The number of anilines is 1. The van der Waals surface area contributed by atoms with Crippen molar-refractivity contribution in [2.24, 2.45) is 11.8 Å². The van der Waals surface area contributed by atoms with Gasteiger partial charge in [0.2, 0.25) is 5.91 Å². The van der Waals surface area contributed by atoms with E-state index in [-0.39, 0.29) is 23.6 Å². The number of alkyl halides is 3. The van der Waals surface area contributed by atoms with Gasteiger partial charge in [0.1, 0.15) is 6.04 Å². The summed E-state index contributed by atoms with van der Waals surface area (Å²) in [4.78, 5) is 25.4. The number of aryl methyl sites for hydroxylation is 1. The third-order valence-electron chi connectivity index (χ3n) is 5.79. The Morgan fingerprint density at radius 1 is 1.30 bits per heavy atom. The average Bonchev–Trinajstić information content (AvgIpc) is 2.68. The predicted molar refractivity (Wildman–Crippen MR) is 110 cm³/mol. The van der Waals surface area contributed by atoms with Gasteiger partial charge < -0.3 is 10.4 Å². The number of rotatable bonds is 8.